The molecule has 8 rings (SSSR count). The van der Waals surface area contributed by atoms with E-state index in [4.69, 9.17) is 34.2 Å². The molecule has 5 saturated carbocycles. The van der Waals surface area contributed by atoms with Gasteiger partial charge in [0, 0.05) is 17.2 Å². The number of nitrogen functional groups attached to an aromatic ring is 1. The third-order valence-corrected chi connectivity index (χ3v) is 15.5. The van der Waals surface area contributed by atoms with E-state index in [1.165, 1.54) is 32.5 Å². The van der Waals surface area contributed by atoms with Gasteiger partial charge in [-0.2, -0.15) is 13.6 Å². The van der Waals surface area contributed by atoms with Crippen LogP contribution < -0.4 is 11.3 Å². The summed E-state index contributed by atoms with van der Waals surface area (Å²) < 4.78 is 66.8. The number of nitrogens with one attached hydrogen (secondary N) is 1. The molecule has 1 aliphatic heterocycles. The molecule has 1 saturated heterocycles. The summed E-state index contributed by atoms with van der Waals surface area (Å²) in [4.78, 5) is 59.7. The Morgan fingerprint density at radius 1 is 1.11 bits per heavy atom. The lowest BCUT2D eigenvalue weighted by Crippen LogP contribution is -2.31. The van der Waals surface area contributed by atoms with Gasteiger partial charge in [0.15, 0.2) is 11.2 Å². The van der Waals surface area contributed by atoms with E-state index in [9.17, 15) is 28.3 Å². The Bertz CT molecular complexity index is 1700. The van der Waals surface area contributed by atoms with Crippen LogP contribution in [0.25, 0.3) is 11.2 Å². The summed E-state index contributed by atoms with van der Waals surface area (Å²) in [6.45, 7) is 3.34. The van der Waals surface area contributed by atoms with E-state index in [0.717, 1.165) is 35.5 Å². The Morgan fingerprint density at radius 2 is 1.78 bits per heavy atom. The molecule has 25 heteroatoms. The van der Waals surface area contributed by atoms with Gasteiger partial charge in [0.25, 0.3) is 5.56 Å². The molecule has 5 atom stereocenters. The maximum Gasteiger partial charge on any atom is 0.490 e. The molecule has 253 valence electrons. The number of aromatic nitrogens is 4. The fraction of sp³-hybridized carbons (Fsp3) is 0.762. The Balaban J connectivity index is 0.969. The topological polar surface area (TPSA) is 277 Å². The average Bonchev–Trinajstić information content (AvgIpc) is 3.35. The van der Waals surface area contributed by atoms with E-state index in [1.807, 2.05) is 21.3 Å². The van der Waals surface area contributed by atoms with Gasteiger partial charge in [0.2, 0.25) is 5.95 Å². The summed E-state index contributed by atoms with van der Waals surface area (Å²) in [6.07, 6.45) is -0.952. The number of anilines is 1. The summed E-state index contributed by atoms with van der Waals surface area (Å²) in [7, 11) is -11.9. The number of imidazole rings is 1. The first kappa shape index (κ1) is 33.7. The molecule has 46 heavy (non-hydrogen) atoms. The Labute approximate surface area is 269 Å². The smallest absolute Gasteiger partial charge is 0.436 e. The number of hydrogen-bond donors (Lipinski definition) is 6. The number of nitrogens with zero attached hydrogens (tertiary/aromatic N) is 3. The van der Waals surface area contributed by atoms with Crippen LogP contribution in [0.5, 0.6) is 0 Å². The first-order valence-corrected chi connectivity index (χ1v) is 20.9. The third kappa shape index (κ3) is 6.57. The summed E-state index contributed by atoms with van der Waals surface area (Å²) in [5.74, 6) is 5.09. The van der Waals surface area contributed by atoms with Crippen molar-refractivity contribution in [1.82, 2.24) is 19.5 Å². The van der Waals surface area contributed by atoms with E-state index >= 15 is 0 Å². The molecule has 1 radical (unpaired) electrons. The highest BCUT2D eigenvalue weighted by Gasteiger charge is 2.92. The van der Waals surface area contributed by atoms with Crippen LogP contribution >= 0.6 is 45.1 Å². The van der Waals surface area contributed by atoms with E-state index < -0.39 is 54.1 Å². The van der Waals surface area contributed by atoms with Crippen LogP contribution in [-0.4, -0.2) is 82.1 Å². The fourth-order valence-corrected chi connectivity index (χ4v) is 12.4. The molecule has 2 aromatic heterocycles. The highest BCUT2D eigenvalue weighted by molar-refractivity contribution is 8.77. The SMILES string of the molecule is CC(C)([B]OC1C2C3C2C2C1C32)SSCO[C@@H]1C[C@H](n2cnc3c(=O)[nH]c(N)nc32)OC1COP(=O)(O)OP(=O)(O)OP(=O)(O)O. The number of hydrogen-bond acceptors (Lipinski definition) is 15. The van der Waals surface area contributed by atoms with Gasteiger partial charge in [-0.05, 0) is 35.5 Å². The first-order valence-electron chi connectivity index (χ1n) is 14.0. The van der Waals surface area contributed by atoms with Gasteiger partial charge < -0.3 is 39.4 Å². The Morgan fingerprint density at radius 3 is 2.43 bits per heavy atom. The zero-order valence-corrected chi connectivity index (χ0v) is 28.3. The summed E-state index contributed by atoms with van der Waals surface area (Å²) in [6, 6.07) is 0. The minimum Gasteiger partial charge on any atom is -0.436 e. The van der Waals surface area contributed by atoms with Crippen molar-refractivity contribution >= 4 is 69.7 Å². The largest absolute Gasteiger partial charge is 0.490 e. The Hall–Kier alpha value is -0.795. The van der Waals surface area contributed by atoms with Crippen molar-refractivity contribution in [2.75, 3.05) is 18.3 Å². The number of rotatable bonds is 16. The molecule has 6 aliphatic rings. The van der Waals surface area contributed by atoms with E-state index in [0.29, 0.717) is 6.10 Å². The molecule has 2 aromatic rings. The van der Waals surface area contributed by atoms with Crippen molar-refractivity contribution < 1.29 is 60.5 Å². The second-order valence-electron chi connectivity index (χ2n) is 12.3. The first-order chi connectivity index (χ1) is 21.4. The molecule has 7 N–H and O–H groups in total. The highest BCUT2D eigenvalue weighted by atomic mass is 33.1. The van der Waals surface area contributed by atoms with Crippen LogP contribution in [0.2, 0.25) is 0 Å². The van der Waals surface area contributed by atoms with Gasteiger partial charge in [0.05, 0.1) is 19.0 Å². The summed E-state index contributed by atoms with van der Waals surface area (Å²) >= 11 is 0. The minimum atomic E-state index is -5.71. The van der Waals surface area contributed by atoms with Gasteiger partial charge in [-0.25, -0.2) is 18.7 Å². The predicted molar refractivity (Wildman–Crippen MR) is 161 cm³/mol. The standard InChI is InChI=1S/C21H30BN5O14P3S2/c1-21(2,22-39-17-14-10-11(14)13-12(10)15(13)17)46-45-6-36-7-3-9(27-5-24-16-18(27)25-20(23)26-19(16)28)38-8(7)4-37-43(32,33)41-44(34,35)40-42(29,30)31/h5,7-15,17H,3-4,6H2,1-2H3,(H,32,33)(H,34,35)(H2,29,30,31)(H3,23,25,26,28)/t7-,8?,9-,10?,11?,12?,13?,14?,15?,17?/m1/s1. The van der Waals surface area contributed by atoms with Crippen LogP contribution in [0.4, 0.5) is 5.95 Å². The number of H-pyrrole nitrogens is 1. The second-order valence-corrected chi connectivity index (χ2v) is 19.7. The molecule has 3 unspecified atom stereocenters. The van der Waals surface area contributed by atoms with Crippen molar-refractivity contribution in [3.05, 3.63) is 16.7 Å². The molecule has 6 fully saturated rings. The van der Waals surface area contributed by atoms with Gasteiger partial charge in [0.1, 0.15) is 18.3 Å². The van der Waals surface area contributed by atoms with Crippen molar-refractivity contribution in [3.8, 4) is 0 Å². The van der Waals surface area contributed by atoms with Crippen molar-refractivity contribution in [1.29, 1.82) is 0 Å². The number of ether oxygens (including phenoxy) is 2. The number of nitrogens with two attached hydrogens (primary N) is 1. The van der Waals surface area contributed by atoms with Gasteiger partial charge in [-0.3, -0.25) is 18.9 Å². The molecule has 5 aliphatic carbocycles. The molecule has 3 heterocycles. The van der Waals surface area contributed by atoms with E-state index in [1.54, 1.807) is 0 Å². The molecular weight excluding hydrogens is 714 g/mol. The van der Waals surface area contributed by atoms with Crippen LogP contribution in [0.15, 0.2) is 11.1 Å². The lowest BCUT2D eigenvalue weighted by atomic mass is 9.82. The predicted octanol–water partition coefficient (Wildman–Crippen LogP) is 1.55. The van der Waals surface area contributed by atoms with Crippen LogP contribution in [0.3, 0.4) is 0 Å². The van der Waals surface area contributed by atoms with Crippen LogP contribution in [-0.2, 0) is 41.0 Å². The lowest BCUT2D eigenvalue weighted by molar-refractivity contribution is -0.0522. The third-order valence-electron chi connectivity index (χ3n) is 8.90. The van der Waals surface area contributed by atoms with E-state index in [-0.39, 0.29) is 34.1 Å². The summed E-state index contributed by atoms with van der Waals surface area (Å²) in [5.41, 5.74) is 5.23. The normalized spacial score (nSPS) is 36.6. The zero-order chi connectivity index (χ0) is 33.0. The molecular formula is C21H30BN5O14P3S2. The minimum absolute atomic E-state index is 0.00643. The molecule has 0 spiro atoms. The van der Waals surface area contributed by atoms with Gasteiger partial charge in [-0.1, -0.05) is 35.4 Å². The van der Waals surface area contributed by atoms with E-state index in [2.05, 4.69) is 23.6 Å². The molecule has 19 nitrogen and oxygen atoms in total. The number of phosphoric ester groups is 1. The van der Waals surface area contributed by atoms with Crippen LogP contribution in [0, 0.1) is 35.5 Å². The van der Waals surface area contributed by atoms with Gasteiger partial charge >= 0.3 is 31.0 Å². The van der Waals surface area contributed by atoms with Crippen LogP contribution in [0.1, 0.15) is 26.5 Å². The van der Waals surface area contributed by atoms with Crippen molar-refractivity contribution in [2.24, 2.45) is 35.5 Å². The van der Waals surface area contributed by atoms with Gasteiger partial charge in [-0.15, -0.1) is 0 Å². The number of fused-ring (bicyclic) bond motifs is 1. The highest BCUT2D eigenvalue weighted by Crippen LogP contribution is 2.92. The molecule has 0 amide bonds. The lowest BCUT2D eigenvalue weighted by Gasteiger charge is -2.25. The molecule has 0 aromatic carbocycles. The monoisotopic (exact) mass is 744 g/mol. The average molecular weight is 744 g/mol. The van der Waals surface area contributed by atoms with Crippen molar-refractivity contribution in [2.45, 2.75) is 49.5 Å². The maximum atomic E-state index is 12.4. The fourth-order valence-electron chi connectivity index (χ4n) is 7.37. The summed E-state index contributed by atoms with van der Waals surface area (Å²) in [5, 5.41) is 0. The number of aromatic amines is 1. The quantitative estimate of drug-likeness (QED) is 0.0467. The number of phosphoric acid groups is 3. The zero-order valence-electron chi connectivity index (χ0n) is 24.0. The Kier molecular flexibility index (Phi) is 8.52. The second kappa shape index (κ2) is 11.6. The molecule has 2 bridgehead atoms. The maximum absolute atomic E-state index is 12.4. The van der Waals surface area contributed by atoms with Crippen molar-refractivity contribution in [3.63, 3.8) is 0 Å².